The first-order chi connectivity index (χ1) is 20.4. The van der Waals surface area contributed by atoms with Crippen molar-refractivity contribution in [2.24, 2.45) is 11.8 Å². The van der Waals surface area contributed by atoms with Crippen molar-refractivity contribution in [1.29, 1.82) is 0 Å². The molecule has 43 heavy (non-hydrogen) atoms. The van der Waals surface area contributed by atoms with Crippen molar-refractivity contribution in [1.82, 2.24) is 20.1 Å². The van der Waals surface area contributed by atoms with Gasteiger partial charge in [0.05, 0.1) is 0 Å². The summed E-state index contributed by atoms with van der Waals surface area (Å²) in [6, 6.07) is 12.2. The molecular weight excluding hydrogens is 583 g/mol. The number of H-pyrrole nitrogens is 1. The Labute approximate surface area is 253 Å². The van der Waals surface area contributed by atoms with E-state index in [9.17, 15) is 27.6 Å². The van der Waals surface area contributed by atoms with E-state index >= 15 is 0 Å². The summed E-state index contributed by atoms with van der Waals surface area (Å²) in [6.07, 6.45) is -1.98. The van der Waals surface area contributed by atoms with Crippen LogP contribution in [0.25, 0.3) is 10.9 Å². The molecule has 0 aliphatic carbocycles. The highest BCUT2D eigenvalue weighted by atomic mass is 35.5. The van der Waals surface area contributed by atoms with Crippen molar-refractivity contribution in [2.75, 3.05) is 45.2 Å². The number of halogens is 4. The van der Waals surface area contributed by atoms with Crippen molar-refractivity contribution < 1.29 is 27.6 Å². The van der Waals surface area contributed by atoms with Gasteiger partial charge in [-0.05, 0) is 74.7 Å². The van der Waals surface area contributed by atoms with Gasteiger partial charge in [-0.15, -0.1) is 0 Å². The predicted molar refractivity (Wildman–Crippen MR) is 159 cm³/mol. The SMILES string of the molecule is CN(C)C[C@H]1Cc2cc(Cl)ccc2N(C(=O)[C@@H](Cc2c[nH]c3ccccc23)NC(=O)C2CCN(C(=O)C(F)(F)F)CC2)C1. The highest BCUT2D eigenvalue weighted by Gasteiger charge is 2.44. The minimum absolute atomic E-state index is 0.0810. The van der Waals surface area contributed by atoms with Crippen LogP contribution >= 0.6 is 11.6 Å². The van der Waals surface area contributed by atoms with E-state index in [0.717, 1.165) is 45.6 Å². The van der Waals surface area contributed by atoms with Crippen LogP contribution in [0.3, 0.4) is 0 Å². The molecule has 3 heterocycles. The average Bonchev–Trinajstić information content (AvgIpc) is 3.37. The molecule has 5 rings (SSSR count). The number of piperidine rings is 1. The smallest absolute Gasteiger partial charge is 0.361 e. The number of anilines is 1. The van der Waals surface area contributed by atoms with Gasteiger partial charge in [-0.2, -0.15) is 13.2 Å². The molecule has 3 amide bonds. The molecule has 1 saturated heterocycles. The Kier molecular flexibility index (Phi) is 9.03. The maximum atomic E-state index is 14.4. The molecule has 2 aromatic carbocycles. The van der Waals surface area contributed by atoms with E-state index in [1.165, 1.54) is 0 Å². The Hall–Kier alpha value is -3.57. The number of para-hydroxylation sites is 1. The normalized spacial score (nSPS) is 18.5. The van der Waals surface area contributed by atoms with Gasteiger partial charge < -0.3 is 25.0 Å². The zero-order valence-corrected chi connectivity index (χ0v) is 24.8. The first-order valence-corrected chi connectivity index (χ1v) is 14.7. The molecule has 2 atom stereocenters. The fourth-order valence-electron chi connectivity index (χ4n) is 6.28. The van der Waals surface area contributed by atoms with Gasteiger partial charge in [0, 0.05) is 66.3 Å². The van der Waals surface area contributed by atoms with E-state index in [2.05, 4.69) is 15.2 Å². The topological polar surface area (TPSA) is 88.8 Å². The lowest BCUT2D eigenvalue weighted by molar-refractivity contribution is -0.186. The first-order valence-electron chi connectivity index (χ1n) is 14.4. The number of nitrogens with zero attached hydrogens (tertiary/aromatic N) is 3. The first kappa shape index (κ1) is 30.9. The van der Waals surface area contributed by atoms with Gasteiger partial charge in [0.1, 0.15) is 6.04 Å². The van der Waals surface area contributed by atoms with Crippen LogP contribution in [0.4, 0.5) is 18.9 Å². The molecule has 2 aliphatic heterocycles. The highest BCUT2D eigenvalue weighted by Crippen LogP contribution is 2.33. The zero-order chi connectivity index (χ0) is 30.9. The van der Waals surface area contributed by atoms with Crippen LogP contribution in [0.2, 0.25) is 5.02 Å². The third kappa shape index (κ3) is 6.99. The molecule has 8 nitrogen and oxygen atoms in total. The average molecular weight is 618 g/mol. The fourth-order valence-corrected chi connectivity index (χ4v) is 6.48. The number of carbonyl (C=O) groups excluding carboxylic acids is 3. The largest absolute Gasteiger partial charge is 0.471 e. The van der Waals surface area contributed by atoms with E-state index in [1.807, 2.05) is 56.7 Å². The Morgan fingerprint density at radius 3 is 2.53 bits per heavy atom. The van der Waals surface area contributed by atoms with Crippen LogP contribution in [0.15, 0.2) is 48.7 Å². The van der Waals surface area contributed by atoms with E-state index in [0.29, 0.717) is 11.6 Å². The van der Waals surface area contributed by atoms with Gasteiger partial charge in [-0.1, -0.05) is 29.8 Å². The number of fused-ring (bicyclic) bond motifs is 2. The van der Waals surface area contributed by atoms with Gasteiger partial charge >= 0.3 is 12.1 Å². The van der Waals surface area contributed by atoms with Crippen molar-refractivity contribution in [3.63, 3.8) is 0 Å². The number of hydrogen-bond donors (Lipinski definition) is 2. The molecule has 1 fully saturated rings. The van der Waals surface area contributed by atoms with E-state index < -0.39 is 30.0 Å². The molecule has 0 radical (unpaired) electrons. The van der Waals surface area contributed by atoms with Crippen LogP contribution < -0.4 is 10.2 Å². The minimum atomic E-state index is -4.95. The number of carbonyl (C=O) groups is 3. The molecule has 0 unspecified atom stereocenters. The van der Waals surface area contributed by atoms with Crippen molar-refractivity contribution in [3.05, 3.63) is 64.8 Å². The van der Waals surface area contributed by atoms with Gasteiger partial charge in [0.2, 0.25) is 11.8 Å². The van der Waals surface area contributed by atoms with Crippen molar-refractivity contribution in [2.45, 2.75) is 37.9 Å². The second kappa shape index (κ2) is 12.6. The lowest BCUT2D eigenvalue weighted by Gasteiger charge is -2.38. The second-order valence-corrected chi connectivity index (χ2v) is 12.2. The number of benzene rings is 2. The molecule has 3 aromatic rings. The second-order valence-electron chi connectivity index (χ2n) is 11.7. The summed E-state index contributed by atoms with van der Waals surface area (Å²) in [7, 11) is 3.96. The molecule has 2 aliphatic rings. The van der Waals surface area contributed by atoms with Crippen molar-refractivity contribution >= 4 is 45.9 Å². The number of aromatic amines is 1. The summed E-state index contributed by atoms with van der Waals surface area (Å²) in [6.45, 7) is 0.863. The number of alkyl halides is 3. The molecule has 2 N–H and O–H groups in total. The van der Waals surface area contributed by atoms with Gasteiger partial charge in [0.25, 0.3) is 0 Å². The Bertz CT molecular complexity index is 1500. The van der Waals surface area contributed by atoms with Crippen LogP contribution in [0, 0.1) is 11.8 Å². The van der Waals surface area contributed by atoms with Crippen molar-refractivity contribution in [3.8, 4) is 0 Å². The molecule has 0 saturated carbocycles. The summed E-state index contributed by atoms with van der Waals surface area (Å²) < 4.78 is 38.8. The molecule has 230 valence electrons. The monoisotopic (exact) mass is 617 g/mol. The van der Waals surface area contributed by atoms with E-state index in [1.54, 1.807) is 11.0 Å². The minimum Gasteiger partial charge on any atom is -0.361 e. The van der Waals surface area contributed by atoms with Gasteiger partial charge in [0.15, 0.2) is 0 Å². The molecule has 1 aromatic heterocycles. The number of rotatable bonds is 7. The Morgan fingerprint density at radius 1 is 1.12 bits per heavy atom. The Balaban J connectivity index is 1.40. The number of nitrogens with one attached hydrogen (secondary N) is 2. The molecule has 0 spiro atoms. The molecule has 0 bridgehead atoms. The summed E-state index contributed by atoms with van der Waals surface area (Å²) in [4.78, 5) is 47.3. The predicted octanol–water partition coefficient (Wildman–Crippen LogP) is 4.42. The third-order valence-electron chi connectivity index (χ3n) is 8.28. The fraction of sp³-hybridized carbons (Fsp3) is 0.452. The van der Waals surface area contributed by atoms with Gasteiger partial charge in [-0.3, -0.25) is 14.4 Å². The summed E-state index contributed by atoms with van der Waals surface area (Å²) in [5.41, 5.74) is 3.47. The van der Waals surface area contributed by atoms with E-state index in [4.69, 9.17) is 11.6 Å². The van der Waals surface area contributed by atoms with E-state index in [-0.39, 0.29) is 44.2 Å². The maximum Gasteiger partial charge on any atom is 0.471 e. The molecular formula is C31H35ClF3N5O3. The Morgan fingerprint density at radius 2 is 1.84 bits per heavy atom. The number of hydrogen-bond acceptors (Lipinski definition) is 4. The summed E-state index contributed by atoms with van der Waals surface area (Å²) in [5, 5.41) is 4.47. The maximum absolute atomic E-state index is 14.4. The molecule has 12 heteroatoms. The third-order valence-corrected chi connectivity index (χ3v) is 8.52. The number of aromatic nitrogens is 1. The number of likely N-dealkylation sites (tertiary alicyclic amines) is 1. The van der Waals surface area contributed by atoms with Crippen LogP contribution in [0.5, 0.6) is 0 Å². The lowest BCUT2D eigenvalue weighted by Crippen LogP contribution is -2.55. The van der Waals surface area contributed by atoms with Crippen LogP contribution in [-0.2, 0) is 27.2 Å². The summed E-state index contributed by atoms with van der Waals surface area (Å²) >= 11 is 6.32. The summed E-state index contributed by atoms with van der Waals surface area (Å²) in [5.74, 6) is -3.05. The standard InChI is InChI=1S/C31H35ClF3N5O3/c1-38(2)17-19-13-21-14-23(32)7-8-27(21)40(18-19)29(42)26(15-22-16-36-25-6-4-3-5-24(22)25)37-28(41)20-9-11-39(12-10-20)30(43)31(33,34)35/h3-8,14,16,19-20,26,36H,9-13,15,17-18H2,1-2H3,(H,37,41)/t19-,26-/m1/s1. The van der Waals surface area contributed by atoms with Crippen LogP contribution in [0.1, 0.15) is 24.0 Å². The zero-order valence-electron chi connectivity index (χ0n) is 24.1. The lowest BCUT2D eigenvalue weighted by atomic mass is 9.90. The van der Waals surface area contributed by atoms with Crippen LogP contribution in [-0.4, -0.2) is 85.0 Å². The number of amides is 3. The van der Waals surface area contributed by atoms with Gasteiger partial charge in [-0.25, -0.2) is 0 Å². The highest BCUT2D eigenvalue weighted by molar-refractivity contribution is 6.30. The quantitative estimate of drug-likeness (QED) is 0.411.